The normalized spacial score (nSPS) is 19.3. The summed E-state index contributed by atoms with van der Waals surface area (Å²) in [7, 11) is 0. The lowest BCUT2D eigenvalue weighted by Gasteiger charge is -1.98. The van der Waals surface area contributed by atoms with Gasteiger partial charge in [0, 0.05) is 0 Å². The molecular formula is C7H9. The Morgan fingerprint density at radius 1 is 1.71 bits per heavy atom. The summed E-state index contributed by atoms with van der Waals surface area (Å²) in [6.45, 7) is 2.14. The van der Waals surface area contributed by atoms with E-state index in [1.807, 2.05) is 6.08 Å². The first-order valence-electron chi connectivity index (χ1n) is 2.63. The van der Waals surface area contributed by atoms with Gasteiger partial charge in [0.2, 0.25) is 0 Å². The first-order chi connectivity index (χ1) is 3.39. The van der Waals surface area contributed by atoms with Crippen molar-refractivity contribution in [2.24, 2.45) is 0 Å². The Bertz CT molecular complexity index is 107. The highest BCUT2D eigenvalue weighted by Gasteiger charge is 1.89. The predicted octanol–water partition coefficient (Wildman–Crippen LogP) is 2.09. The number of hydrogen-bond donors (Lipinski definition) is 0. The predicted molar refractivity (Wildman–Crippen MR) is 30.8 cm³/mol. The van der Waals surface area contributed by atoms with Crippen molar-refractivity contribution in [2.75, 3.05) is 0 Å². The Labute approximate surface area is 44.5 Å². The maximum absolute atomic E-state index is 3.05. The quantitative estimate of drug-likeness (QED) is 0.430. The molecule has 0 aliphatic heterocycles. The smallest absolute Gasteiger partial charge is 0.0228 e. The molecule has 0 saturated carbocycles. The molecule has 0 spiro atoms. The maximum atomic E-state index is 3.05. The first-order valence-corrected chi connectivity index (χ1v) is 2.63. The van der Waals surface area contributed by atoms with E-state index in [0.29, 0.717) is 0 Å². The van der Waals surface area contributed by atoms with Crippen molar-refractivity contribution in [3.63, 3.8) is 0 Å². The van der Waals surface area contributed by atoms with E-state index in [2.05, 4.69) is 19.1 Å². The van der Waals surface area contributed by atoms with Crippen molar-refractivity contribution in [3.8, 4) is 0 Å². The van der Waals surface area contributed by atoms with Gasteiger partial charge in [0.05, 0.1) is 0 Å². The van der Waals surface area contributed by atoms with Crippen LogP contribution in [0.3, 0.4) is 0 Å². The summed E-state index contributed by atoms with van der Waals surface area (Å²) in [6, 6.07) is 0. The maximum Gasteiger partial charge on any atom is -0.0228 e. The van der Waals surface area contributed by atoms with Gasteiger partial charge in [-0.05, 0) is 25.8 Å². The van der Waals surface area contributed by atoms with Crippen molar-refractivity contribution < 1.29 is 0 Å². The fourth-order valence-electron chi connectivity index (χ4n) is 0.657. The molecule has 0 saturated heterocycles. The molecular weight excluding hydrogens is 84.1 g/mol. The summed E-state index contributed by atoms with van der Waals surface area (Å²) in [5, 5.41) is 0. The minimum atomic E-state index is 1.18. The second-order valence-corrected chi connectivity index (χ2v) is 1.90. The van der Waals surface area contributed by atoms with E-state index in [1.54, 1.807) is 0 Å². The number of hydrogen-bond acceptors (Lipinski definition) is 0. The van der Waals surface area contributed by atoms with Crippen LogP contribution in [-0.4, -0.2) is 0 Å². The van der Waals surface area contributed by atoms with Crippen LogP contribution in [-0.2, 0) is 0 Å². The zero-order valence-corrected chi connectivity index (χ0v) is 4.57. The second kappa shape index (κ2) is 1.97. The van der Waals surface area contributed by atoms with E-state index < -0.39 is 0 Å². The molecule has 0 amide bonds. The van der Waals surface area contributed by atoms with Crippen molar-refractivity contribution in [2.45, 2.75) is 19.8 Å². The largest absolute Gasteiger partial charge is 0.0764 e. The lowest BCUT2D eigenvalue weighted by Crippen LogP contribution is -1.79. The highest BCUT2D eigenvalue weighted by atomic mass is 13.9. The van der Waals surface area contributed by atoms with Crippen LogP contribution in [0.15, 0.2) is 17.7 Å². The molecule has 0 fully saturated rings. The lowest BCUT2D eigenvalue weighted by atomic mass is 10.1. The van der Waals surface area contributed by atoms with Crippen LogP contribution >= 0.6 is 0 Å². The fourth-order valence-corrected chi connectivity index (χ4v) is 0.657. The summed E-state index contributed by atoms with van der Waals surface area (Å²) in [5.41, 5.74) is 1.45. The minimum Gasteiger partial charge on any atom is -0.0764 e. The van der Waals surface area contributed by atoms with E-state index in [-0.39, 0.29) is 0 Å². The molecule has 0 aromatic heterocycles. The van der Waals surface area contributed by atoms with Gasteiger partial charge in [-0.2, -0.15) is 0 Å². The van der Waals surface area contributed by atoms with E-state index in [9.17, 15) is 0 Å². The van der Waals surface area contributed by atoms with Crippen LogP contribution in [0, 0.1) is 6.08 Å². The molecule has 0 N–H and O–H groups in total. The molecule has 7 heavy (non-hydrogen) atoms. The van der Waals surface area contributed by atoms with Gasteiger partial charge in [-0.15, -0.1) is 0 Å². The van der Waals surface area contributed by atoms with Crippen LogP contribution in [0.1, 0.15) is 19.8 Å². The molecule has 0 aromatic rings. The molecule has 0 heteroatoms. The summed E-state index contributed by atoms with van der Waals surface area (Å²) in [6.07, 6.45) is 9.58. The van der Waals surface area contributed by atoms with Crippen molar-refractivity contribution >= 4 is 0 Å². The molecule has 1 rings (SSSR count). The Morgan fingerprint density at radius 3 is 2.86 bits per heavy atom. The SMILES string of the molecule is CC1=C[C]=CCC1. The van der Waals surface area contributed by atoms with Crippen molar-refractivity contribution in [1.29, 1.82) is 0 Å². The van der Waals surface area contributed by atoms with Crippen LogP contribution in [0.4, 0.5) is 0 Å². The van der Waals surface area contributed by atoms with Gasteiger partial charge in [-0.1, -0.05) is 17.7 Å². The zero-order valence-electron chi connectivity index (χ0n) is 4.57. The molecule has 0 bridgehead atoms. The van der Waals surface area contributed by atoms with Crippen LogP contribution in [0.25, 0.3) is 0 Å². The monoisotopic (exact) mass is 93.1 g/mol. The third-order valence-electron chi connectivity index (χ3n) is 1.13. The topological polar surface area (TPSA) is 0 Å². The Hall–Kier alpha value is -0.520. The molecule has 1 aliphatic rings. The van der Waals surface area contributed by atoms with Crippen molar-refractivity contribution in [3.05, 3.63) is 23.8 Å². The molecule has 0 unspecified atom stereocenters. The zero-order chi connectivity index (χ0) is 5.11. The molecule has 1 radical (unpaired) electrons. The highest BCUT2D eigenvalue weighted by Crippen LogP contribution is 2.08. The van der Waals surface area contributed by atoms with Gasteiger partial charge in [-0.3, -0.25) is 0 Å². The van der Waals surface area contributed by atoms with E-state index in [0.717, 1.165) is 0 Å². The molecule has 0 nitrogen and oxygen atoms in total. The molecule has 0 heterocycles. The average Bonchev–Trinajstić information content (AvgIpc) is 1.69. The molecule has 0 aromatic carbocycles. The first kappa shape index (κ1) is 4.63. The van der Waals surface area contributed by atoms with Gasteiger partial charge in [0.1, 0.15) is 0 Å². The van der Waals surface area contributed by atoms with Gasteiger partial charge in [0.25, 0.3) is 0 Å². The average molecular weight is 93.1 g/mol. The highest BCUT2D eigenvalue weighted by molar-refractivity contribution is 5.10. The Kier molecular flexibility index (Phi) is 1.30. The van der Waals surface area contributed by atoms with Gasteiger partial charge >= 0.3 is 0 Å². The molecule has 1 aliphatic carbocycles. The summed E-state index contributed by atoms with van der Waals surface area (Å²) < 4.78 is 0. The Balaban J connectivity index is 2.57. The standard InChI is InChI=1S/C7H9/c1-7-5-3-2-4-6-7/h2,6H,3,5H2,1H3. The van der Waals surface area contributed by atoms with Crippen LogP contribution in [0.2, 0.25) is 0 Å². The molecule has 37 valence electrons. The number of allylic oxidation sites excluding steroid dienone is 4. The van der Waals surface area contributed by atoms with Crippen molar-refractivity contribution in [1.82, 2.24) is 0 Å². The number of rotatable bonds is 0. The summed E-state index contributed by atoms with van der Waals surface area (Å²) in [4.78, 5) is 0. The second-order valence-electron chi connectivity index (χ2n) is 1.90. The van der Waals surface area contributed by atoms with Crippen LogP contribution < -0.4 is 0 Å². The third kappa shape index (κ3) is 1.19. The van der Waals surface area contributed by atoms with Gasteiger partial charge < -0.3 is 0 Å². The van der Waals surface area contributed by atoms with E-state index in [1.165, 1.54) is 18.4 Å². The van der Waals surface area contributed by atoms with Gasteiger partial charge in [-0.25, -0.2) is 0 Å². The van der Waals surface area contributed by atoms with Crippen LogP contribution in [0.5, 0.6) is 0 Å². The lowest BCUT2D eigenvalue weighted by molar-refractivity contribution is 0.956. The fraction of sp³-hybridized carbons (Fsp3) is 0.429. The van der Waals surface area contributed by atoms with E-state index in [4.69, 9.17) is 0 Å². The third-order valence-corrected chi connectivity index (χ3v) is 1.13. The Morgan fingerprint density at radius 2 is 2.57 bits per heavy atom. The summed E-state index contributed by atoms with van der Waals surface area (Å²) >= 11 is 0. The minimum absolute atomic E-state index is 1.18. The molecule has 0 atom stereocenters. The summed E-state index contributed by atoms with van der Waals surface area (Å²) in [5.74, 6) is 0. The van der Waals surface area contributed by atoms with E-state index >= 15 is 0 Å². The van der Waals surface area contributed by atoms with Gasteiger partial charge in [0.15, 0.2) is 0 Å².